The van der Waals surface area contributed by atoms with Crippen LogP contribution in [0.1, 0.15) is 11.3 Å². The van der Waals surface area contributed by atoms with Crippen LogP contribution in [-0.4, -0.2) is 9.55 Å². The number of rotatable bonds is 3. The molecule has 4 heteroatoms. The van der Waals surface area contributed by atoms with Crippen LogP contribution in [0, 0.1) is 22.7 Å². The molecule has 0 aliphatic rings. The highest BCUT2D eigenvalue weighted by atomic mass is 15.0. The number of hydrogen-bond acceptors (Lipinski definition) is 3. The van der Waals surface area contributed by atoms with Gasteiger partial charge in [0.2, 0.25) is 0 Å². The summed E-state index contributed by atoms with van der Waals surface area (Å²) in [7, 11) is 0. The Balaban J connectivity index is 1.52. The Bertz CT molecular complexity index is 1760. The molecule has 0 amide bonds. The van der Waals surface area contributed by atoms with Gasteiger partial charge in [-0.15, -0.1) is 0 Å². The standard InChI is InChI=1S/C31H18N4/c32-18-21-14-24(16-25(15-21)23-12-13-26(19-33)34-20-23)22-6-5-7-27(17-22)35-30-10-3-1-8-28(30)29-9-2-4-11-31(29)35/h1-17,20H. The lowest BCUT2D eigenvalue weighted by molar-refractivity contribution is 1.18. The molecule has 2 heterocycles. The molecule has 0 saturated carbocycles. The Morgan fingerprint density at radius 3 is 1.89 bits per heavy atom. The van der Waals surface area contributed by atoms with Crippen LogP contribution in [0.25, 0.3) is 49.7 Å². The molecule has 6 rings (SSSR count). The Labute approximate surface area is 202 Å². The summed E-state index contributed by atoms with van der Waals surface area (Å²) < 4.78 is 2.29. The molecule has 0 saturated heterocycles. The summed E-state index contributed by atoms with van der Waals surface area (Å²) in [4.78, 5) is 4.19. The lowest BCUT2D eigenvalue weighted by Gasteiger charge is -2.12. The summed E-state index contributed by atoms with van der Waals surface area (Å²) in [5.74, 6) is 0. The van der Waals surface area contributed by atoms with Gasteiger partial charge in [-0.05, 0) is 71.3 Å². The Morgan fingerprint density at radius 1 is 0.571 bits per heavy atom. The molecule has 0 N–H and O–H groups in total. The average Bonchev–Trinajstić information content (AvgIpc) is 3.27. The van der Waals surface area contributed by atoms with Gasteiger partial charge in [-0.3, -0.25) is 0 Å². The van der Waals surface area contributed by atoms with E-state index in [2.05, 4.69) is 94.5 Å². The van der Waals surface area contributed by atoms with Gasteiger partial charge in [0.25, 0.3) is 0 Å². The van der Waals surface area contributed by atoms with Gasteiger partial charge in [0, 0.05) is 28.2 Å². The van der Waals surface area contributed by atoms with Crippen molar-refractivity contribution < 1.29 is 0 Å². The van der Waals surface area contributed by atoms with Crippen LogP contribution in [0.5, 0.6) is 0 Å². The molecule has 0 unspecified atom stereocenters. The monoisotopic (exact) mass is 446 g/mol. The van der Waals surface area contributed by atoms with Gasteiger partial charge < -0.3 is 4.57 Å². The fourth-order valence-corrected chi connectivity index (χ4v) is 4.68. The molecular weight excluding hydrogens is 428 g/mol. The van der Waals surface area contributed by atoms with Crippen molar-refractivity contribution in [1.82, 2.24) is 9.55 Å². The van der Waals surface area contributed by atoms with Gasteiger partial charge in [-0.25, -0.2) is 4.98 Å². The lowest BCUT2D eigenvalue weighted by atomic mass is 9.96. The van der Waals surface area contributed by atoms with Gasteiger partial charge >= 0.3 is 0 Å². The largest absolute Gasteiger partial charge is 0.309 e. The summed E-state index contributed by atoms with van der Waals surface area (Å²) in [6.07, 6.45) is 1.67. The Kier molecular flexibility index (Phi) is 4.84. The second-order valence-electron chi connectivity index (χ2n) is 8.37. The summed E-state index contributed by atoms with van der Waals surface area (Å²) >= 11 is 0. The quantitative estimate of drug-likeness (QED) is 0.287. The molecule has 0 atom stereocenters. The normalized spacial score (nSPS) is 10.8. The third-order valence-electron chi connectivity index (χ3n) is 6.29. The van der Waals surface area contributed by atoms with Crippen molar-refractivity contribution in [2.45, 2.75) is 0 Å². The number of benzene rings is 4. The topological polar surface area (TPSA) is 65.4 Å². The van der Waals surface area contributed by atoms with E-state index in [1.165, 1.54) is 10.8 Å². The van der Waals surface area contributed by atoms with Crippen molar-refractivity contribution in [3.8, 4) is 40.1 Å². The van der Waals surface area contributed by atoms with Crippen LogP contribution >= 0.6 is 0 Å². The van der Waals surface area contributed by atoms with Crippen LogP contribution in [0.3, 0.4) is 0 Å². The van der Waals surface area contributed by atoms with E-state index in [1.54, 1.807) is 12.3 Å². The molecule has 6 aromatic rings. The highest BCUT2D eigenvalue weighted by molar-refractivity contribution is 6.09. The predicted molar refractivity (Wildman–Crippen MR) is 139 cm³/mol. The second-order valence-corrected chi connectivity index (χ2v) is 8.37. The zero-order chi connectivity index (χ0) is 23.8. The summed E-state index contributed by atoms with van der Waals surface area (Å²) in [5, 5.41) is 21.2. The smallest absolute Gasteiger partial charge is 0.140 e. The minimum atomic E-state index is 0.365. The number of nitrogens with zero attached hydrogens (tertiary/aromatic N) is 4. The first kappa shape index (κ1) is 20.4. The maximum atomic E-state index is 9.69. The van der Waals surface area contributed by atoms with E-state index in [4.69, 9.17) is 5.26 Å². The third kappa shape index (κ3) is 3.51. The van der Waals surface area contributed by atoms with E-state index in [0.717, 1.165) is 39.0 Å². The highest BCUT2D eigenvalue weighted by Crippen LogP contribution is 2.34. The molecule has 0 bridgehead atoms. The lowest BCUT2D eigenvalue weighted by Crippen LogP contribution is -1.94. The fraction of sp³-hybridized carbons (Fsp3) is 0. The molecule has 0 spiro atoms. The molecule has 2 aromatic heterocycles. The first-order valence-corrected chi connectivity index (χ1v) is 11.3. The summed E-state index contributed by atoms with van der Waals surface area (Å²) in [6, 6.07) is 39.0. The van der Waals surface area contributed by atoms with E-state index >= 15 is 0 Å². The number of nitriles is 2. The number of para-hydroxylation sites is 2. The molecule has 4 aromatic carbocycles. The average molecular weight is 447 g/mol. The van der Waals surface area contributed by atoms with E-state index < -0.39 is 0 Å². The summed E-state index contributed by atoms with van der Waals surface area (Å²) in [5.41, 5.74) is 8.02. The maximum absolute atomic E-state index is 9.69. The predicted octanol–water partition coefficient (Wildman–Crippen LogP) is 7.26. The first-order valence-electron chi connectivity index (χ1n) is 11.3. The zero-order valence-electron chi connectivity index (χ0n) is 18.7. The van der Waals surface area contributed by atoms with Crippen LogP contribution in [-0.2, 0) is 0 Å². The maximum Gasteiger partial charge on any atom is 0.140 e. The fourth-order valence-electron chi connectivity index (χ4n) is 4.68. The zero-order valence-corrected chi connectivity index (χ0v) is 18.7. The molecule has 35 heavy (non-hydrogen) atoms. The minimum absolute atomic E-state index is 0.365. The van der Waals surface area contributed by atoms with Crippen molar-refractivity contribution in [2.75, 3.05) is 0 Å². The van der Waals surface area contributed by atoms with Crippen LogP contribution in [0.4, 0.5) is 0 Å². The molecule has 4 nitrogen and oxygen atoms in total. The van der Waals surface area contributed by atoms with Crippen LogP contribution in [0.15, 0.2) is 109 Å². The van der Waals surface area contributed by atoms with Crippen LogP contribution < -0.4 is 0 Å². The molecule has 0 aliphatic carbocycles. The van der Waals surface area contributed by atoms with Crippen LogP contribution in [0.2, 0.25) is 0 Å². The Morgan fingerprint density at radius 2 is 1.26 bits per heavy atom. The third-order valence-corrected chi connectivity index (χ3v) is 6.29. The molecule has 0 radical (unpaired) electrons. The molecular formula is C31H18N4. The minimum Gasteiger partial charge on any atom is -0.309 e. The van der Waals surface area contributed by atoms with Crippen molar-refractivity contribution in [3.05, 3.63) is 121 Å². The van der Waals surface area contributed by atoms with Gasteiger partial charge in [0.05, 0.1) is 22.7 Å². The first-order chi connectivity index (χ1) is 17.2. The van der Waals surface area contributed by atoms with Gasteiger partial charge in [-0.2, -0.15) is 10.5 Å². The van der Waals surface area contributed by atoms with Gasteiger partial charge in [0.1, 0.15) is 11.8 Å². The number of pyridine rings is 1. The van der Waals surface area contributed by atoms with E-state index in [-0.39, 0.29) is 0 Å². The second kappa shape index (κ2) is 8.30. The van der Waals surface area contributed by atoms with Crippen molar-refractivity contribution in [3.63, 3.8) is 0 Å². The Hall–Kier alpha value is -5.19. The van der Waals surface area contributed by atoms with Crippen molar-refractivity contribution in [2.24, 2.45) is 0 Å². The molecule has 0 fully saturated rings. The van der Waals surface area contributed by atoms with E-state index in [9.17, 15) is 5.26 Å². The van der Waals surface area contributed by atoms with Crippen molar-refractivity contribution in [1.29, 1.82) is 10.5 Å². The highest BCUT2D eigenvalue weighted by Gasteiger charge is 2.13. The van der Waals surface area contributed by atoms with Gasteiger partial charge in [0.15, 0.2) is 0 Å². The molecule has 0 aliphatic heterocycles. The van der Waals surface area contributed by atoms with E-state index in [0.29, 0.717) is 11.3 Å². The SMILES string of the molecule is N#Cc1cc(-c2ccc(C#N)nc2)cc(-c2cccc(-n3c4ccccc4c4ccccc43)c2)c1. The van der Waals surface area contributed by atoms with E-state index in [1.807, 2.05) is 24.3 Å². The number of aromatic nitrogens is 2. The summed E-state index contributed by atoms with van der Waals surface area (Å²) in [6.45, 7) is 0. The number of hydrogen-bond donors (Lipinski definition) is 0. The van der Waals surface area contributed by atoms with Crippen molar-refractivity contribution >= 4 is 21.8 Å². The number of fused-ring (bicyclic) bond motifs is 3. The molecule has 162 valence electrons. The van der Waals surface area contributed by atoms with Gasteiger partial charge in [-0.1, -0.05) is 48.5 Å².